The van der Waals surface area contributed by atoms with Crippen molar-refractivity contribution in [2.45, 2.75) is 0 Å². The van der Waals surface area contributed by atoms with E-state index in [0.29, 0.717) is 5.56 Å². The van der Waals surface area contributed by atoms with Crippen LogP contribution in [0.25, 0.3) is 6.08 Å². The number of nitrogens with two attached hydrogens (primary N) is 1. The monoisotopic (exact) mass is 303 g/mol. The number of imide groups is 1. The fourth-order valence-electron chi connectivity index (χ4n) is 1.41. The molecule has 0 bridgehead atoms. The van der Waals surface area contributed by atoms with Crippen LogP contribution < -0.4 is 15.8 Å². The Morgan fingerprint density at radius 1 is 1.36 bits per heavy atom. The van der Waals surface area contributed by atoms with Crippen LogP contribution in [0.5, 0.6) is 5.75 Å². The number of nitrogens with zero attached hydrogens (tertiary/aromatic N) is 1. The number of amides is 3. The molecule has 114 valence electrons. The predicted octanol–water partition coefficient (Wildman–Crippen LogP) is 0.340. The summed E-state index contributed by atoms with van der Waals surface area (Å²) in [5.74, 6) is -1.24. The molecule has 3 N–H and O–H groups in total. The number of hydrogen-bond acceptors (Lipinski definition) is 6. The van der Waals surface area contributed by atoms with Crippen LogP contribution >= 0.6 is 0 Å². The van der Waals surface area contributed by atoms with Crippen LogP contribution in [-0.2, 0) is 14.3 Å². The average Bonchev–Trinajstić information content (AvgIpc) is 2.50. The molecule has 0 aromatic heterocycles. The zero-order chi connectivity index (χ0) is 16.5. The van der Waals surface area contributed by atoms with Crippen LogP contribution in [0.3, 0.4) is 0 Å². The van der Waals surface area contributed by atoms with E-state index in [2.05, 4.69) is 4.74 Å². The summed E-state index contributed by atoms with van der Waals surface area (Å²) in [6.45, 7) is -0.323. The van der Waals surface area contributed by atoms with Crippen molar-refractivity contribution in [2.75, 3.05) is 13.7 Å². The number of methoxy groups -OCH3 is 1. The van der Waals surface area contributed by atoms with Gasteiger partial charge in [0.25, 0.3) is 5.91 Å². The van der Waals surface area contributed by atoms with Gasteiger partial charge in [0.05, 0.1) is 7.11 Å². The number of nitrogens with one attached hydrogen (secondary N) is 1. The number of carbonyl (C=O) groups excluding carboxylic acids is 3. The first-order valence-corrected chi connectivity index (χ1v) is 5.99. The van der Waals surface area contributed by atoms with Gasteiger partial charge in [-0.05, 0) is 12.1 Å². The second-order valence-electron chi connectivity index (χ2n) is 3.89. The van der Waals surface area contributed by atoms with Crippen molar-refractivity contribution >= 4 is 24.0 Å². The molecule has 0 aliphatic heterocycles. The molecule has 0 fully saturated rings. The van der Waals surface area contributed by atoms with Gasteiger partial charge in [-0.15, -0.1) is 0 Å². The van der Waals surface area contributed by atoms with E-state index in [0.717, 1.165) is 0 Å². The molecular formula is C14H13N3O5. The molecule has 0 saturated heterocycles. The first-order valence-electron chi connectivity index (χ1n) is 5.99. The van der Waals surface area contributed by atoms with Gasteiger partial charge in [-0.25, -0.2) is 9.59 Å². The number of ether oxygens (including phenoxy) is 2. The van der Waals surface area contributed by atoms with Gasteiger partial charge in [-0.3, -0.25) is 10.1 Å². The minimum absolute atomic E-state index is 0.271. The Hall–Kier alpha value is -3.34. The number of carbonyl (C=O) groups is 3. The maximum Gasteiger partial charge on any atom is 0.343 e. The lowest BCUT2D eigenvalue weighted by molar-refractivity contribution is -0.142. The molecule has 0 heterocycles. The molecule has 0 unspecified atom stereocenters. The van der Waals surface area contributed by atoms with Crippen molar-refractivity contribution in [2.24, 2.45) is 5.73 Å². The summed E-state index contributed by atoms with van der Waals surface area (Å²) in [7, 11) is 1.22. The smallest absolute Gasteiger partial charge is 0.343 e. The quantitative estimate of drug-likeness (QED) is 0.458. The van der Waals surface area contributed by atoms with Crippen LogP contribution in [0.2, 0.25) is 0 Å². The van der Waals surface area contributed by atoms with Crippen molar-refractivity contribution in [1.82, 2.24) is 5.32 Å². The fraction of sp³-hybridized carbons (Fsp3) is 0.143. The molecule has 1 aromatic carbocycles. The van der Waals surface area contributed by atoms with Crippen molar-refractivity contribution in [3.05, 3.63) is 35.4 Å². The number of esters is 1. The van der Waals surface area contributed by atoms with E-state index in [4.69, 9.17) is 15.7 Å². The summed E-state index contributed by atoms with van der Waals surface area (Å²) in [5.41, 5.74) is 4.86. The molecule has 8 heteroatoms. The number of benzene rings is 1. The van der Waals surface area contributed by atoms with E-state index in [-0.39, 0.29) is 17.9 Å². The molecule has 0 atom stereocenters. The lowest BCUT2D eigenvalue weighted by Crippen LogP contribution is -2.35. The molecule has 0 radical (unpaired) electrons. The molecular weight excluding hydrogens is 290 g/mol. The van der Waals surface area contributed by atoms with Crippen molar-refractivity contribution in [1.29, 1.82) is 5.26 Å². The summed E-state index contributed by atoms with van der Waals surface area (Å²) in [5, 5.41) is 10.8. The van der Waals surface area contributed by atoms with Gasteiger partial charge in [0, 0.05) is 5.56 Å². The fourth-order valence-corrected chi connectivity index (χ4v) is 1.41. The third-order valence-electron chi connectivity index (χ3n) is 2.39. The first kappa shape index (κ1) is 16.7. The van der Waals surface area contributed by atoms with Crippen LogP contribution in [0, 0.1) is 11.3 Å². The minimum Gasteiger partial charge on any atom is -0.481 e. The molecule has 1 aromatic rings. The minimum atomic E-state index is -1.07. The van der Waals surface area contributed by atoms with Gasteiger partial charge in [0.1, 0.15) is 17.4 Å². The van der Waals surface area contributed by atoms with E-state index >= 15 is 0 Å². The normalized spacial score (nSPS) is 10.3. The zero-order valence-electron chi connectivity index (χ0n) is 11.7. The Morgan fingerprint density at radius 2 is 2.05 bits per heavy atom. The Bertz CT molecular complexity index is 661. The van der Waals surface area contributed by atoms with Crippen LogP contribution in [0.4, 0.5) is 4.79 Å². The summed E-state index contributed by atoms with van der Waals surface area (Å²) in [6, 6.07) is 7.01. The molecule has 1 rings (SSSR count). The standard InChI is InChI=1S/C14H13N3O5/c1-21-12(18)8-22-11-5-3-2-4-9(11)6-10(7-15)13(19)17-14(16)20/h2-6H,8H2,1H3,(H3,16,17,19,20)/b10-6-. The molecule has 3 amide bonds. The van der Waals surface area contributed by atoms with Gasteiger partial charge < -0.3 is 15.2 Å². The van der Waals surface area contributed by atoms with Gasteiger partial charge >= 0.3 is 12.0 Å². The topological polar surface area (TPSA) is 132 Å². The highest BCUT2D eigenvalue weighted by atomic mass is 16.6. The number of primary amides is 1. The third kappa shape index (κ3) is 4.97. The Morgan fingerprint density at radius 3 is 2.64 bits per heavy atom. The maximum absolute atomic E-state index is 11.6. The Balaban J connectivity index is 3.02. The van der Waals surface area contributed by atoms with Gasteiger partial charge in [-0.2, -0.15) is 5.26 Å². The zero-order valence-corrected chi connectivity index (χ0v) is 11.7. The van der Waals surface area contributed by atoms with Gasteiger partial charge in [0.15, 0.2) is 6.61 Å². The molecule has 0 saturated carbocycles. The number of rotatable bonds is 5. The summed E-state index contributed by atoms with van der Waals surface area (Å²) in [6.07, 6.45) is 1.21. The lowest BCUT2D eigenvalue weighted by Gasteiger charge is -2.08. The van der Waals surface area contributed by atoms with Crippen LogP contribution in [-0.4, -0.2) is 31.6 Å². The highest BCUT2D eigenvalue weighted by Crippen LogP contribution is 2.21. The molecule has 0 aliphatic carbocycles. The molecule has 8 nitrogen and oxygen atoms in total. The van der Waals surface area contributed by atoms with Crippen LogP contribution in [0.15, 0.2) is 29.8 Å². The van der Waals surface area contributed by atoms with Crippen molar-refractivity contribution in [3.63, 3.8) is 0 Å². The van der Waals surface area contributed by atoms with Crippen LogP contribution in [0.1, 0.15) is 5.56 Å². The van der Waals surface area contributed by atoms with E-state index in [1.54, 1.807) is 35.7 Å². The summed E-state index contributed by atoms with van der Waals surface area (Å²) in [4.78, 5) is 33.3. The number of nitriles is 1. The van der Waals surface area contributed by atoms with E-state index < -0.39 is 17.9 Å². The van der Waals surface area contributed by atoms with E-state index in [1.165, 1.54) is 13.2 Å². The Labute approximate surface area is 126 Å². The second-order valence-corrected chi connectivity index (χ2v) is 3.89. The van der Waals surface area contributed by atoms with E-state index in [9.17, 15) is 14.4 Å². The SMILES string of the molecule is COC(=O)COc1ccccc1/C=C(/C#N)C(=O)NC(N)=O. The Kier molecular flexibility index (Phi) is 6.12. The molecule has 22 heavy (non-hydrogen) atoms. The third-order valence-corrected chi connectivity index (χ3v) is 2.39. The van der Waals surface area contributed by atoms with Gasteiger partial charge in [0.2, 0.25) is 0 Å². The molecule has 0 spiro atoms. The average molecular weight is 303 g/mol. The first-order chi connectivity index (χ1) is 10.5. The second kappa shape index (κ2) is 8.06. The molecule has 0 aliphatic rings. The number of hydrogen-bond donors (Lipinski definition) is 2. The van der Waals surface area contributed by atoms with Gasteiger partial charge in [-0.1, -0.05) is 18.2 Å². The summed E-state index contributed by atoms with van der Waals surface area (Å²) < 4.78 is 9.69. The van der Waals surface area contributed by atoms with Crippen molar-refractivity contribution < 1.29 is 23.9 Å². The maximum atomic E-state index is 11.6. The van der Waals surface area contributed by atoms with E-state index in [1.807, 2.05) is 0 Å². The lowest BCUT2D eigenvalue weighted by atomic mass is 10.1. The highest BCUT2D eigenvalue weighted by molar-refractivity contribution is 6.08. The predicted molar refractivity (Wildman–Crippen MR) is 75.3 cm³/mol. The highest BCUT2D eigenvalue weighted by Gasteiger charge is 2.12. The largest absolute Gasteiger partial charge is 0.481 e. The number of para-hydroxylation sites is 1. The number of urea groups is 1. The van der Waals surface area contributed by atoms with Crippen molar-refractivity contribution in [3.8, 4) is 11.8 Å². The summed E-state index contributed by atoms with van der Waals surface area (Å²) >= 11 is 0.